The molecule has 0 saturated carbocycles. The third-order valence-electron chi connectivity index (χ3n) is 4.02. The molecule has 0 aliphatic heterocycles. The molecular formula is C20H27N3O5. The molecule has 0 spiro atoms. The molecular weight excluding hydrogens is 362 g/mol. The van der Waals surface area contributed by atoms with Crippen LogP contribution in [0.4, 0.5) is 5.82 Å². The van der Waals surface area contributed by atoms with Crippen LogP contribution in [0.25, 0.3) is 0 Å². The molecule has 8 heteroatoms. The molecule has 28 heavy (non-hydrogen) atoms. The Balaban J connectivity index is 1.97. The van der Waals surface area contributed by atoms with Gasteiger partial charge in [0.15, 0.2) is 5.82 Å². The first-order valence-electron chi connectivity index (χ1n) is 9.23. The Kier molecular flexibility index (Phi) is 8.48. The van der Waals surface area contributed by atoms with Crippen LogP contribution >= 0.6 is 0 Å². The monoisotopic (exact) mass is 389 g/mol. The third-order valence-corrected chi connectivity index (χ3v) is 4.02. The summed E-state index contributed by atoms with van der Waals surface area (Å²) in [5, 5.41) is 6.38. The summed E-state index contributed by atoms with van der Waals surface area (Å²) in [6.45, 7) is 5.17. The first-order valence-corrected chi connectivity index (χ1v) is 9.23. The lowest BCUT2D eigenvalue weighted by atomic mass is 10.1. The van der Waals surface area contributed by atoms with E-state index in [1.807, 2.05) is 31.2 Å². The highest BCUT2D eigenvalue weighted by atomic mass is 16.5. The van der Waals surface area contributed by atoms with Gasteiger partial charge in [0.05, 0.1) is 20.1 Å². The van der Waals surface area contributed by atoms with Crippen molar-refractivity contribution < 1.29 is 23.6 Å². The molecule has 8 nitrogen and oxygen atoms in total. The van der Waals surface area contributed by atoms with E-state index in [-0.39, 0.29) is 24.8 Å². The number of aromatic nitrogens is 1. The molecule has 0 bridgehead atoms. The van der Waals surface area contributed by atoms with Crippen LogP contribution in [0.5, 0.6) is 5.75 Å². The number of nitrogens with one attached hydrogen (secondary N) is 1. The minimum Gasteiger partial charge on any atom is -0.497 e. The lowest BCUT2D eigenvalue weighted by Crippen LogP contribution is -2.39. The minimum absolute atomic E-state index is 0.0625. The van der Waals surface area contributed by atoms with E-state index in [0.717, 1.165) is 11.3 Å². The predicted octanol–water partition coefficient (Wildman–Crippen LogP) is 2.43. The highest BCUT2D eigenvalue weighted by Gasteiger charge is 2.18. The van der Waals surface area contributed by atoms with Crippen LogP contribution in [0, 0.1) is 6.92 Å². The third kappa shape index (κ3) is 7.03. The molecule has 2 aromatic rings. The van der Waals surface area contributed by atoms with Crippen molar-refractivity contribution in [2.24, 2.45) is 0 Å². The van der Waals surface area contributed by atoms with Crippen LogP contribution in [0.3, 0.4) is 0 Å². The Morgan fingerprint density at radius 2 is 2.00 bits per heavy atom. The van der Waals surface area contributed by atoms with Crippen molar-refractivity contribution in [3.05, 3.63) is 41.7 Å². The molecule has 1 heterocycles. The normalized spacial score (nSPS) is 10.5. The maximum atomic E-state index is 12.8. The van der Waals surface area contributed by atoms with Gasteiger partial charge in [0.25, 0.3) is 0 Å². The zero-order valence-corrected chi connectivity index (χ0v) is 16.6. The lowest BCUT2D eigenvalue weighted by molar-refractivity contribution is -0.134. The molecule has 0 unspecified atom stereocenters. The van der Waals surface area contributed by atoms with Gasteiger partial charge in [0.2, 0.25) is 11.8 Å². The van der Waals surface area contributed by atoms with Crippen molar-refractivity contribution >= 4 is 17.6 Å². The number of rotatable bonds is 11. The first-order chi connectivity index (χ1) is 13.5. The number of nitrogens with zero attached hydrogens (tertiary/aromatic N) is 2. The van der Waals surface area contributed by atoms with E-state index in [1.54, 1.807) is 20.1 Å². The standard InChI is InChI=1S/C20H27N3O5/c1-4-27-11-5-10-23(14-19(24)21-18-12-15(2)28-22-18)20(25)13-16-6-8-17(26-3)9-7-16/h6-9,12H,4-5,10-11,13-14H2,1-3H3,(H,21,22,24). The van der Waals surface area contributed by atoms with E-state index in [0.29, 0.717) is 37.8 Å². The molecule has 1 N–H and O–H groups in total. The van der Waals surface area contributed by atoms with Gasteiger partial charge in [-0.05, 0) is 38.0 Å². The van der Waals surface area contributed by atoms with E-state index >= 15 is 0 Å². The van der Waals surface area contributed by atoms with Crippen molar-refractivity contribution in [2.75, 3.05) is 38.7 Å². The Morgan fingerprint density at radius 3 is 2.61 bits per heavy atom. The number of carbonyl (C=O) groups excluding carboxylic acids is 2. The van der Waals surface area contributed by atoms with E-state index < -0.39 is 0 Å². The van der Waals surface area contributed by atoms with Gasteiger partial charge in [0.1, 0.15) is 11.5 Å². The number of aryl methyl sites for hydroxylation is 1. The predicted molar refractivity (Wildman–Crippen MR) is 104 cm³/mol. The molecule has 2 rings (SSSR count). The summed E-state index contributed by atoms with van der Waals surface area (Å²) >= 11 is 0. The van der Waals surface area contributed by atoms with Gasteiger partial charge in [-0.25, -0.2) is 0 Å². The molecule has 1 aromatic heterocycles. The summed E-state index contributed by atoms with van der Waals surface area (Å²) in [5.74, 6) is 1.20. The second kappa shape index (κ2) is 11.1. The second-order valence-corrected chi connectivity index (χ2v) is 6.26. The zero-order valence-electron chi connectivity index (χ0n) is 16.6. The fourth-order valence-corrected chi connectivity index (χ4v) is 2.60. The average Bonchev–Trinajstić information content (AvgIpc) is 3.09. The van der Waals surface area contributed by atoms with Crippen LogP contribution in [0.2, 0.25) is 0 Å². The molecule has 0 fully saturated rings. The van der Waals surface area contributed by atoms with Crippen molar-refractivity contribution in [3.63, 3.8) is 0 Å². The quantitative estimate of drug-likeness (QED) is 0.593. The summed E-state index contributed by atoms with van der Waals surface area (Å²) < 4.78 is 15.4. The summed E-state index contributed by atoms with van der Waals surface area (Å²) in [6, 6.07) is 8.92. The molecule has 0 atom stereocenters. The molecule has 0 radical (unpaired) electrons. The molecule has 0 aliphatic carbocycles. The first kappa shape index (κ1) is 21.4. The molecule has 152 valence electrons. The van der Waals surface area contributed by atoms with Gasteiger partial charge in [-0.15, -0.1) is 0 Å². The van der Waals surface area contributed by atoms with Crippen LogP contribution < -0.4 is 10.1 Å². The second-order valence-electron chi connectivity index (χ2n) is 6.26. The highest BCUT2D eigenvalue weighted by molar-refractivity contribution is 5.94. The Hall–Kier alpha value is -2.87. The fraction of sp³-hybridized carbons (Fsp3) is 0.450. The zero-order chi connectivity index (χ0) is 20.4. The van der Waals surface area contributed by atoms with Gasteiger partial charge in [0, 0.05) is 25.8 Å². The van der Waals surface area contributed by atoms with Gasteiger partial charge >= 0.3 is 0 Å². The number of hydrogen-bond acceptors (Lipinski definition) is 6. The molecule has 1 aromatic carbocycles. The number of methoxy groups -OCH3 is 1. The number of carbonyl (C=O) groups is 2. The van der Waals surface area contributed by atoms with Crippen molar-refractivity contribution in [2.45, 2.75) is 26.7 Å². The van der Waals surface area contributed by atoms with E-state index in [4.69, 9.17) is 14.0 Å². The van der Waals surface area contributed by atoms with Gasteiger partial charge in [-0.1, -0.05) is 17.3 Å². The number of amides is 2. The lowest BCUT2D eigenvalue weighted by Gasteiger charge is -2.22. The molecule has 0 saturated heterocycles. The number of hydrogen-bond donors (Lipinski definition) is 1. The van der Waals surface area contributed by atoms with Crippen LogP contribution in [-0.4, -0.2) is 55.3 Å². The molecule has 0 aliphatic rings. The van der Waals surface area contributed by atoms with E-state index in [1.165, 1.54) is 4.90 Å². The smallest absolute Gasteiger partial charge is 0.245 e. The Labute approximate surface area is 164 Å². The fourth-order valence-electron chi connectivity index (χ4n) is 2.60. The SMILES string of the molecule is CCOCCCN(CC(=O)Nc1cc(C)on1)C(=O)Cc1ccc(OC)cc1. The van der Waals surface area contributed by atoms with E-state index in [2.05, 4.69) is 10.5 Å². The van der Waals surface area contributed by atoms with Gasteiger partial charge in [-0.3, -0.25) is 9.59 Å². The maximum Gasteiger partial charge on any atom is 0.245 e. The van der Waals surface area contributed by atoms with Crippen LogP contribution in [0.1, 0.15) is 24.7 Å². The van der Waals surface area contributed by atoms with Crippen LogP contribution in [-0.2, 0) is 20.7 Å². The Bertz CT molecular complexity index is 757. The largest absolute Gasteiger partial charge is 0.497 e. The summed E-state index contributed by atoms with van der Waals surface area (Å²) in [5.41, 5.74) is 0.855. The average molecular weight is 389 g/mol. The van der Waals surface area contributed by atoms with Crippen LogP contribution in [0.15, 0.2) is 34.9 Å². The van der Waals surface area contributed by atoms with Crippen molar-refractivity contribution in [3.8, 4) is 5.75 Å². The highest BCUT2D eigenvalue weighted by Crippen LogP contribution is 2.13. The van der Waals surface area contributed by atoms with Crippen molar-refractivity contribution in [1.29, 1.82) is 0 Å². The Morgan fingerprint density at radius 1 is 1.25 bits per heavy atom. The number of ether oxygens (including phenoxy) is 2. The summed E-state index contributed by atoms with van der Waals surface area (Å²) in [7, 11) is 1.59. The van der Waals surface area contributed by atoms with Crippen molar-refractivity contribution in [1.82, 2.24) is 10.1 Å². The van der Waals surface area contributed by atoms with E-state index in [9.17, 15) is 9.59 Å². The summed E-state index contributed by atoms with van der Waals surface area (Å²) in [4.78, 5) is 26.6. The minimum atomic E-state index is -0.326. The van der Waals surface area contributed by atoms with Gasteiger partial charge < -0.3 is 24.2 Å². The topological polar surface area (TPSA) is 93.9 Å². The maximum absolute atomic E-state index is 12.8. The number of anilines is 1. The summed E-state index contributed by atoms with van der Waals surface area (Å²) in [6.07, 6.45) is 0.855. The van der Waals surface area contributed by atoms with Gasteiger partial charge in [-0.2, -0.15) is 0 Å². The number of benzene rings is 1. The molecule has 2 amide bonds.